The zero-order valence-corrected chi connectivity index (χ0v) is 14.7. The minimum Gasteiger partial charge on any atom is -0.454 e. The van der Waals surface area contributed by atoms with E-state index in [1.165, 1.54) is 0 Å². The van der Waals surface area contributed by atoms with E-state index in [2.05, 4.69) is 10.5 Å². The molecule has 7 nitrogen and oxygen atoms in total. The van der Waals surface area contributed by atoms with Gasteiger partial charge in [0, 0.05) is 17.3 Å². The Balaban J connectivity index is 1.31. The molecule has 27 heavy (non-hydrogen) atoms. The van der Waals surface area contributed by atoms with Gasteiger partial charge in [0.1, 0.15) is 12.3 Å². The topological polar surface area (TPSA) is 82.8 Å². The number of ether oxygens (including phenoxy) is 3. The van der Waals surface area contributed by atoms with E-state index in [0.29, 0.717) is 23.0 Å². The van der Waals surface area contributed by atoms with Crippen molar-refractivity contribution in [1.29, 1.82) is 0 Å². The number of hydrogen-bond donors (Lipinski definition) is 1. The molecule has 1 amide bonds. The Hall–Kier alpha value is -3.32. The van der Waals surface area contributed by atoms with Gasteiger partial charge >= 0.3 is 0 Å². The number of aromatic nitrogens is 1. The van der Waals surface area contributed by atoms with Crippen molar-refractivity contribution in [2.24, 2.45) is 0 Å². The van der Waals surface area contributed by atoms with Crippen molar-refractivity contribution in [2.45, 2.75) is 13.5 Å². The second-order valence-electron chi connectivity index (χ2n) is 6.11. The summed E-state index contributed by atoms with van der Waals surface area (Å²) in [5.74, 6) is 1.76. The molecule has 1 aromatic heterocycles. The van der Waals surface area contributed by atoms with E-state index in [0.717, 1.165) is 16.8 Å². The van der Waals surface area contributed by atoms with Crippen LogP contribution in [-0.4, -0.2) is 24.5 Å². The van der Waals surface area contributed by atoms with E-state index in [9.17, 15) is 4.79 Å². The standard InChI is InChI=1S/C20H18N2O5/c1-13-4-2-3-5-16(13)21-20(23)11-24-10-15-9-18(27-22-15)14-6-7-17-19(8-14)26-12-25-17/h2-9H,10-12H2,1H3,(H,21,23). The third-order valence-electron chi connectivity index (χ3n) is 4.12. The number of nitrogens with one attached hydrogen (secondary N) is 1. The number of amides is 1. The molecular formula is C20H18N2O5. The number of fused-ring (bicyclic) bond motifs is 1. The summed E-state index contributed by atoms with van der Waals surface area (Å²) in [5, 5.41) is 6.80. The molecule has 4 rings (SSSR count). The van der Waals surface area contributed by atoms with Crippen LogP contribution in [0.1, 0.15) is 11.3 Å². The predicted octanol–water partition coefficient (Wildman–Crippen LogP) is 3.53. The first-order valence-electron chi connectivity index (χ1n) is 8.48. The van der Waals surface area contributed by atoms with Crippen molar-refractivity contribution in [2.75, 3.05) is 18.7 Å². The molecule has 7 heteroatoms. The fourth-order valence-electron chi connectivity index (χ4n) is 2.71. The van der Waals surface area contributed by atoms with Gasteiger partial charge in [-0.2, -0.15) is 0 Å². The van der Waals surface area contributed by atoms with Crippen LogP contribution < -0.4 is 14.8 Å². The van der Waals surface area contributed by atoms with Crippen molar-refractivity contribution >= 4 is 11.6 Å². The Bertz CT molecular complexity index is 967. The van der Waals surface area contributed by atoms with Crippen LogP contribution in [0.25, 0.3) is 11.3 Å². The normalized spacial score (nSPS) is 12.2. The maximum absolute atomic E-state index is 12.0. The van der Waals surface area contributed by atoms with Crippen molar-refractivity contribution in [3.63, 3.8) is 0 Å². The van der Waals surface area contributed by atoms with Crippen LogP contribution in [0.4, 0.5) is 5.69 Å². The van der Waals surface area contributed by atoms with Crippen LogP contribution in [0.3, 0.4) is 0 Å². The molecule has 0 unspecified atom stereocenters. The molecule has 0 fully saturated rings. The average Bonchev–Trinajstić information content (AvgIpc) is 3.32. The summed E-state index contributed by atoms with van der Waals surface area (Å²) in [4.78, 5) is 12.0. The monoisotopic (exact) mass is 366 g/mol. The first-order chi connectivity index (χ1) is 13.2. The Morgan fingerprint density at radius 3 is 2.89 bits per heavy atom. The number of hydrogen-bond acceptors (Lipinski definition) is 6. The van der Waals surface area contributed by atoms with E-state index >= 15 is 0 Å². The molecule has 1 aliphatic rings. The van der Waals surface area contributed by atoms with E-state index in [1.54, 1.807) is 6.07 Å². The van der Waals surface area contributed by atoms with E-state index in [1.807, 2.05) is 49.4 Å². The van der Waals surface area contributed by atoms with Crippen LogP contribution in [0.5, 0.6) is 11.5 Å². The van der Waals surface area contributed by atoms with Crippen LogP contribution in [0, 0.1) is 6.92 Å². The molecule has 138 valence electrons. The SMILES string of the molecule is Cc1ccccc1NC(=O)COCc1cc(-c2ccc3c(c2)OCO3)on1. The van der Waals surface area contributed by atoms with E-state index < -0.39 is 0 Å². The fourth-order valence-corrected chi connectivity index (χ4v) is 2.71. The first kappa shape index (κ1) is 17.1. The highest BCUT2D eigenvalue weighted by molar-refractivity contribution is 5.92. The maximum atomic E-state index is 12.0. The van der Waals surface area contributed by atoms with Gasteiger partial charge in [-0.25, -0.2) is 0 Å². The molecule has 3 aromatic rings. The van der Waals surface area contributed by atoms with Gasteiger partial charge in [-0.3, -0.25) is 4.79 Å². The average molecular weight is 366 g/mol. The number of nitrogens with zero attached hydrogens (tertiary/aromatic N) is 1. The molecule has 2 heterocycles. The fraction of sp³-hybridized carbons (Fsp3) is 0.200. The van der Waals surface area contributed by atoms with E-state index in [4.69, 9.17) is 18.7 Å². The maximum Gasteiger partial charge on any atom is 0.250 e. The Morgan fingerprint density at radius 2 is 2.00 bits per heavy atom. The van der Waals surface area contributed by atoms with Crippen LogP contribution in [-0.2, 0) is 16.1 Å². The van der Waals surface area contributed by atoms with Crippen LogP contribution in [0.15, 0.2) is 53.1 Å². The summed E-state index contributed by atoms with van der Waals surface area (Å²) in [6.45, 7) is 2.26. The Labute approximate surface area is 155 Å². The van der Waals surface area contributed by atoms with Crippen LogP contribution in [0.2, 0.25) is 0 Å². The lowest BCUT2D eigenvalue weighted by molar-refractivity contribution is -0.121. The van der Waals surface area contributed by atoms with Gasteiger partial charge in [-0.1, -0.05) is 23.4 Å². The van der Waals surface area contributed by atoms with Crippen LogP contribution >= 0.6 is 0 Å². The van der Waals surface area contributed by atoms with Gasteiger partial charge < -0.3 is 24.1 Å². The Morgan fingerprint density at radius 1 is 1.15 bits per heavy atom. The molecule has 1 N–H and O–H groups in total. The van der Waals surface area contributed by atoms with Gasteiger partial charge in [-0.05, 0) is 36.8 Å². The zero-order valence-electron chi connectivity index (χ0n) is 14.7. The molecule has 2 aromatic carbocycles. The number of carbonyl (C=O) groups excluding carboxylic acids is 1. The second kappa shape index (κ2) is 7.51. The molecule has 0 bridgehead atoms. The summed E-state index contributed by atoms with van der Waals surface area (Å²) in [6, 6.07) is 14.9. The lowest BCUT2D eigenvalue weighted by atomic mass is 10.1. The van der Waals surface area contributed by atoms with Crippen molar-refractivity contribution in [3.8, 4) is 22.8 Å². The van der Waals surface area contributed by atoms with Crippen molar-refractivity contribution in [3.05, 3.63) is 59.8 Å². The summed E-state index contributed by atoms with van der Waals surface area (Å²) in [6.07, 6.45) is 0. The van der Waals surface area contributed by atoms with Gasteiger partial charge in [0.2, 0.25) is 12.7 Å². The number of anilines is 1. The number of rotatable bonds is 6. The number of carbonyl (C=O) groups is 1. The summed E-state index contributed by atoms with van der Waals surface area (Å²) in [7, 11) is 0. The number of benzene rings is 2. The van der Waals surface area contributed by atoms with Gasteiger partial charge in [0.15, 0.2) is 17.3 Å². The molecule has 0 saturated carbocycles. The Kier molecular flexibility index (Phi) is 4.76. The predicted molar refractivity (Wildman–Crippen MR) is 97.5 cm³/mol. The number of aryl methyl sites for hydroxylation is 1. The lowest BCUT2D eigenvalue weighted by Crippen LogP contribution is -2.18. The summed E-state index contributed by atoms with van der Waals surface area (Å²) >= 11 is 0. The zero-order chi connectivity index (χ0) is 18.6. The van der Waals surface area contributed by atoms with Gasteiger partial charge in [0.05, 0.1) is 6.61 Å². The molecule has 0 radical (unpaired) electrons. The largest absolute Gasteiger partial charge is 0.454 e. The molecule has 0 aliphatic carbocycles. The smallest absolute Gasteiger partial charge is 0.250 e. The number of para-hydroxylation sites is 1. The molecule has 0 saturated heterocycles. The quantitative estimate of drug-likeness (QED) is 0.719. The summed E-state index contributed by atoms with van der Waals surface area (Å²) in [5.41, 5.74) is 3.20. The minimum atomic E-state index is -0.219. The highest BCUT2D eigenvalue weighted by Crippen LogP contribution is 2.36. The highest BCUT2D eigenvalue weighted by atomic mass is 16.7. The molecule has 0 atom stereocenters. The van der Waals surface area contributed by atoms with Crippen molar-refractivity contribution < 1.29 is 23.5 Å². The second-order valence-corrected chi connectivity index (χ2v) is 6.11. The third kappa shape index (κ3) is 3.93. The first-order valence-corrected chi connectivity index (χ1v) is 8.48. The molecule has 1 aliphatic heterocycles. The molecule has 0 spiro atoms. The summed E-state index contributed by atoms with van der Waals surface area (Å²) < 4.78 is 21.4. The highest BCUT2D eigenvalue weighted by Gasteiger charge is 2.16. The minimum absolute atomic E-state index is 0.0689. The van der Waals surface area contributed by atoms with E-state index in [-0.39, 0.29) is 25.9 Å². The van der Waals surface area contributed by atoms with Gasteiger partial charge in [0.25, 0.3) is 0 Å². The lowest BCUT2D eigenvalue weighted by Gasteiger charge is -2.07. The van der Waals surface area contributed by atoms with Gasteiger partial charge in [-0.15, -0.1) is 0 Å². The van der Waals surface area contributed by atoms with Crippen molar-refractivity contribution in [1.82, 2.24) is 5.16 Å². The third-order valence-corrected chi connectivity index (χ3v) is 4.12. The molecular weight excluding hydrogens is 348 g/mol.